The Morgan fingerprint density at radius 2 is 2.08 bits per heavy atom. The number of aliphatic hydroxyl groups is 1. The number of unbranched alkanes of at least 4 members (excludes halogenated alkanes) is 3. The Bertz CT molecular complexity index is 86.6. The van der Waals surface area contributed by atoms with Crippen LogP contribution in [0.3, 0.4) is 0 Å². The van der Waals surface area contributed by atoms with Crippen LogP contribution in [0.15, 0.2) is 0 Å². The van der Waals surface area contributed by atoms with Crippen molar-refractivity contribution in [3.63, 3.8) is 0 Å². The first-order valence-electron chi connectivity index (χ1n) is 4.80. The summed E-state index contributed by atoms with van der Waals surface area (Å²) in [5.41, 5.74) is 2.71. The smallest absolute Gasteiger partial charge is 0.0682 e. The fourth-order valence-electron chi connectivity index (χ4n) is 0.853. The van der Waals surface area contributed by atoms with Gasteiger partial charge in [0.05, 0.1) is 12.7 Å². The van der Waals surface area contributed by atoms with Crippen molar-refractivity contribution in [3.05, 3.63) is 0 Å². The minimum absolute atomic E-state index is 0.333. The molecule has 3 nitrogen and oxygen atoms in total. The lowest BCUT2D eigenvalue weighted by atomic mass is 10.2. The summed E-state index contributed by atoms with van der Waals surface area (Å²) in [6, 6.07) is 0. The average molecular weight is 175 g/mol. The predicted molar refractivity (Wildman–Crippen MR) is 49.8 cm³/mol. The highest BCUT2D eigenvalue weighted by atomic mass is 16.6. The second kappa shape index (κ2) is 8.97. The molecule has 74 valence electrons. The molecule has 0 saturated heterocycles. The van der Waals surface area contributed by atoms with Crippen molar-refractivity contribution in [3.8, 4) is 0 Å². The van der Waals surface area contributed by atoms with E-state index in [2.05, 4.69) is 12.4 Å². The molecule has 0 spiro atoms. The molecule has 0 bridgehead atoms. The quantitative estimate of drug-likeness (QED) is 0.433. The molecule has 0 rings (SSSR count). The van der Waals surface area contributed by atoms with Crippen LogP contribution < -0.4 is 5.48 Å². The van der Waals surface area contributed by atoms with Crippen LogP contribution in [0.25, 0.3) is 0 Å². The average Bonchev–Trinajstić information content (AvgIpc) is 2.02. The standard InChI is InChI=1S/C9H21NO2/c1-3-4-5-6-7-12-10-8-9(2)11/h9-11H,3-8H2,1-2H3. The van der Waals surface area contributed by atoms with Gasteiger partial charge in [0.1, 0.15) is 0 Å². The Hall–Kier alpha value is -0.120. The summed E-state index contributed by atoms with van der Waals surface area (Å²) in [5.74, 6) is 0. The highest BCUT2D eigenvalue weighted by Crippen LogP contribution is 1.97. The highest BCUT2D eigenvalue weighted by Gasteiger charge is 1.93. The van der Waals surface area contributed by atoms with Gasteiger partial charge < -0.3 is 9.94 Å². The fourth-order valence-corrected chi connectivity index (χ4v) is 0.853. The van der Waals surface area contributed by atoms with E-state index in [9.17, 15) is 0 Å². The van der Waals surface area contributed by atoms with Crippen molar-refractivity contribution >= 4 is 0 Å². The fraction of sp³-hybridized carbons (Fsp3) is 1.00. The van der Waals surface area contributed by atoms with Gasteiger partial charge in [0, 0.05) is 6.54 Å². The zero-order valence-electron chi connectivity index (χ0n) is 8.18. The molecule has 1 unspecified atom stereocenters. The largest absolute Gasteiger partial charge is 0.392 e. The van der Waals surface area contributed by atoms with E-state index >= 15 is 0 Å². The van der Waals surface area contributed by atoms with Crippen LogP contribution in [0.4, 0.5) is 0 Å². The molecule has 0 aliphatic rings. The molecule has 0 saturated carbocycles. The van der Waals surface area contributed by atoms with Crippen molar-refractivity contribution in [2.75, 3.05) is 13.2 Å². The van der Waals surface area contributed by atoms with E-state index in [1.165, 1.54) is 19.3 Å². The van der Waals surface area contributed by atoms with E-state index in [1.54, 1.807) is 6.92 Å². The zero-order valence-corrected chi connectivity index (χ0v) is 8.18. The summed E-state index contributed by atoms with van der Waals surface area (Å²) in [5, 5.41) is 8.85. The van der Waals surface area contributed by atoms with Crippen LogP contribution in [0, 0.1) is 0 Å². The zero-order chi connectivity index (χ0) is 9.23. The summed E-state index contributed by atoms with van der Waals surface area (Å²) < 4.78 is 0. The number of hydrogen-bond donors (Lipinski definition) is 2. The van der Waals surface area contributed by atoms with Gasteiger partial charge in [0.15, 0.2) is 0 Å². The first-order valence-corrected chi connectivity index (χ1v) is 4.80. The summed E-state index contributed by atoms with van der Waals surface area (Å²) in [6.45, 7) is 5.17. The summed E-state index contributed by atoms with van der Waals surface area (Å²) in [4.78, 5) is 5.08. The van der Waals surface area contributed by atoms with Gasteiger partial charge in [-0.05, 0) is 13.3 Å². The molecule has 0 heterocycles. The number of rotatable bonds is 8. The second-order valence-corrected chi connectivity index (χ2v) is 3.11. The Morgan fingerprint density at radius 1 is 1.33 bits per heavy atom. The number of nitrogens with one attached hydrogen (secondary N) is 1. The van der Waals surface area contributed by atoms with Crippen LogP contribution in [0.2, 0.25) is 0 Å². The van der Waals surface area contributed by atoms with Crippen molar-refractivity contribution in [2.24, 2.45) is 0 Å². The lowest BCUT2D eigenvalue weighted by Crippen LogP contribution is -2.25. The van der Waals surface area contributed by atoms with E-state index in [1.807, 2.05) is 0 Å². The SMILES string of the molecule is CCCCCCONCC(C)O. The topological polar surface area (TPSA) is 41.5 Å². The molecule has 12 heavy (non-hydrogen) atoms. The third-order valence-electron chi connectivity index (χ3n) is 1.58. The molecular formula is C9H21NO2. The van der Waals surface area contributed by atoms with Gasteiger partial charge >= 0.3 is 0 Å². The van der Waals surface area contributed by atoms with Crippen LogP contribution in [-0.2, 0) is 4.84 Å². The van der Waals surface area contributed by atoms with Gasteiger partial charge in [-0.25, -0.2) is 0 Å². The molecule has 0 aliphatic carbocycles. The minimum atomic E-state index is -0.333. The Balaban J connectivity index is 2.82. The molecule has 0 aromatic rings. The predicted octanol–water partition coefficient (Wildman–Crippen LogP) is 1.47. The number of hydrogen-bond acceptors (Lipinski definition) is 3. The summed E-state index contributed by atoms with van der Waals surface area (Å²) >= 11 is 0. The van der Waals surface area contributed by atoms with E-state index in [-0.39, 0.29) is 6.10 Å². The first kappa shape index (κ1) is 11.9. The van der Waals surface area contributed by atoms with E-state index in [4.69, 9.17) is 9.94 Å². The normalized spacial score (nSPS) is 13.2. The third-order valence-corrected chi connectivity index (χ3v) is 1.58. The Morgan fingerprint density at radius 3 is 2.67 bits per heavy atom. The molecule has 0 radical (unpaired) electrons. The molecule has 0 aromatic heterocycles. The van der Waals surface area contributed by atoms with Crippen molar-refractivity contribution in [1.29, 1.82) is 0 Å². The van der Waals surface area contributed by atoms with Crippen LogP contribution in [0.5, 0.6) is 0 Å². The lowest BCUT2D eigenvalue weighted by molar-refractivity contribution is 0.0157. The molecule has 0 aromatic carbocycles. The molecule has 0 fully saturated rings. The minimum Gasteiger partial charge on any atom is -0.392 e. The first-order chi connectivity index (χ1) is 5.77. The van der Waals surface area contributed by atoms with Gasteiger partial charge in [0.2, 0.25) is 0 Å². The number of aliphatic hydroxyl groups excluding tert-OH is 1. The Kier molecular flexibility index (Phi) is 8.88. The maximum absolute atomic E-state index is 8.85. The van der Waals surface area contributed by atoms with Gasteiger partial charge in [0.25, 0.3) is 0 Å². The van der Waals surface area contributed by atoms with E-state index in [0.29, 0.717) is 6.54 Å². The van der Waals surface area contributed by atoms with Crippen LogP contribution in [0.1, 0.15) is 39.5 Å². The second-order valence-electron chi connectivity index (χ2n) is 3.11. The van der Waals surface area contributed by atoms with Crippen molar-refractivity contribution in [1.82, 2.24) is 5.48 Å². The van der Waals surface area contributed by atoms with Gasteiger partial charge in [-0.1, -0.05) is 26.2 Å². The molecule has 3 heteroatoms. The lowest BCUT2D eigenvalue weighted by Gasteiger charge is -2.06. The highest BCUT2D eigenvalue weighted by molar-refractivity contribution is 4.44. The van der Waals surface area contributed by atoms with Gasteiger partial charge in [-0.15, -0.1) is 0 Å². The summed E-state index contributed by atoms with van der Waals surface area (Å²) in [7, 11) is 0. The van der Waals surface area contributed by atoms with Crippen LogP contribution >= 0.6 is 0 Å². The molecule has 0 amide bonds. The maximum atomic E-state index is 8.85. The van der Waals surface area contributed by atoms with Gasteiger partial charge in [-0.3, -0.25) is 0 Å². The summed E-state index contributed by atoms with van der Waals surface area (Å²) in [6.07, 6.45) is 4.52. The molecule has 2 N–H and O–H groups in total. The van der Waals surface area contributed by atoms with Crippen molar-refractivity contribution in [2.45, 2.75) is 45.6 Å². The van der Waals surface area contributed by atoms with Gasteiger partial charge in [-0.2, -0.15) is 5.48 Å². The number of hydroxylamine groups is 1. The van der Waals surface area contributed by atoms with E-state index < -0.39 is 0 Å². The third kappa shape index (κ3) is 9.88. The molecule has 1 atom stereocenters. The molecule has 0 aliphatic heterocycles. The molecular weight excluding hydrogens is 154 g/mol. The van der Waals surface area contributed by atoms with E-state index in [0.717, 1.165) is 13.0 Å². The Labute approximate surface area is 75.1 Å². The van der Waals surface area contributed by atoms with Crippen LogP contribution in [-0.4, -0.2) is 24.4 Å². The van der Waals surface area contributed by atoms with Crippen molar-refractivity contribution < 1.29 is 9.94 Å². The monoisotopic (exact) mass is 175 g/mol. The maximum Gasteiger partial charge on any atom is 0.0682 e.